The third kappa shape index (κ3) is 6.47. The van der Waals surface area contributed by atoms with Gasteiger partial charge in [-0.15, -0.1) is 0 Å². The van der Waals surface area contributed by atoms with Crippen molar-refractivity contribution >= 4 is 40.8 Å². The van der Waals surface area contributed by atoms with Crippen molar-refractivity contribution in [2.24, 2.45) is 0 Å². The molecule has 0 aliphatic rings. The number of hydrogen-bond donors (Lipinski definition) is 3. The van der Waals surface area contributed by atoms with Crippen LogP contribution in [0.25, 0.3) is 0 Å². The summed E-state index contributed by atoms with van der Waals surface area (Å²) < 4.78 is 4.67. The summed E-state index contributed by atoms with van der Waals surface area (Å²) in [7, 11) is 1.27. The molecule has 0 saturated carbocycles. The summed E-state index contributed by atoms with van der Waals surface area (Å²) in [6.45, 7) is 1.91. The molecule has 1 unspecified atom stereocenters. The van der Waals surface area contributed by atoms with Crippen molar-refractivity contribution in [2.45, 2.75) is 13.0 Å². The Morgan fingerprint density at radius 3 is 2.15 bits per heavy atom. The third-order valence-electron chi connectivity index (χ3n) is 4.80. The monoisotopic (exact) mass is 461 g/mol. The fraction of sp³-hybridized carbons (Fsp3) is 0.120. The Labute approximate surface area is 197 Å². The fourth-order valence-electron chi connectivity index (χ4n) is 3.09. The zero-order chi connectivity index (χ0) is 23.8. The van der Waals surface area contributed by atoms with Crippen LogP contribution in [0.1, 0.15) is 49.6 Å². The van der Waals surface area contributed by atoms with Crippen molar-refractivity contribution in [1.29, 1.82) is 0 Å². The van der Waals surface area contributed by atoms with Crippen molar-refractivity contribution in [1.82, 2.24) is 10.6 Å². The number of nitrogens with one attached hydrogen (secondary N) is 3. The number of ether oxygens (including phenoxy) is 1. The van der Waals surface area contributed by atoms with E-state index in [4.69, 9.17) is 12.2 Å². The molecule has 0 aliphatic carbocycles. The van der Waals surface area contributed by atoms with Gasteiger partial charge in [0.1, 0.15) is 0 Å². The quantitative estimate of drug-likeness (QED) is 0.378. The molecule has 3 N–H and O–H groups in total. The van der Waals surface area contributed by atoms with Crippen LogP contribution in [0.5, 0.6) is 0 Å². The molecule has 0 fully saturated rings. The lowest BCUT2D eigenvalue weighted by Gasteiger charge is -2.15. The number of carbonyl (C=O) groups excluding carboxylic acids is 3. The van der Waals surface area contributed by atoms with Crippen LogP contribution in [-0.4, -0.2) is 30.0 Å². The molecule has 3 aromatic carbocycles. The highest BCUT2D eigenvalue weighted by Gasteiger charge is 2.14. The molecule has 3 aromatic rings. The van der Waals surface area contributed by atoms with E-state index in [2.05, 4.69) is 20.7 Å². The van der Waals surface area contributed by atoms with Gasteiger partial charge in [-0.1, -0.05) is 42.5 Å². The van der Waals surface area contributed by atoms with E-state index in [0.29, 0.717) is 11.3 Å². The van der Waals surface area contributed by atoms with Crippen LogP contribution in [0, 0.1) is 0 Å². The van der Waals surface area contributed by atoms with Gasteiger partial charge in [0.25, 0.3) is 11.8 Å². The summed E-state index contributed by atoms with van der Waals surface area (Å²) >= 11 is 5.23. The highest BCUT2D eigenvalue weighted by molar-refractivity contribution is 7.80. The SMILES string of the molecule is COC(=O)c1cccc(C(=O)NC(=S)Nc2cccc(C(=O)NC(C)c3ccccc3)c2)c1. The number of methoxy groups -OCH3 is 1. The molecule has 0 bridgehead atoms. The molecule has 0 aromatic heterocycles. The third-order valence-corrected chi connectivity index (χ3v) is 5.01. The van der Waals surface area contributed by atoms with E-state index in [1.807, 2.05) is 37.3 Å². The minimum absolute atomic E-state index is 0.0543. The topological polar surface area (TPSA) is 96.5 Å². The number of rotatable bonds is 6. The normalized spacial score (nSPS) is 11.1. The second-order valence-corrected chi connectivity index (χ2v) is 7.58. The van der Waals surface area contributed by atoms with Crippen LogP contribution >= 0.6 is 12.2 Å². The fourth-order valence-corrected chi connectivity index (χ4v) is 3.30. The van der Waals surface area contributed by atoms with Gasteiger partial charge < -0.3 is 15.4 Å². The lowest BCUT2D eigenvalue weighted by molar-refractivity contribution is 0.0600. The maximum absolute atomic E-state index is 12.7. The summed E-state index contributed by atoms with van der Waals surface area (Å²) in [6, 6.07) is 22.4. The Hall–Kier alpha value is -4.04. The molecular formula is C25H23N3O4S. The van der Waals surface area contributed by atoms with Crippen LogP contribution in [0.2, 0.25) is 0 Å². The molecule has 3 rings (SSSR count). The van der Waals surface area contributed by atoms with Crippen molar-refractivity contribution in [2.75, 3.05) is 12.4 Å². The molecule has 0 aliphatic heterocycles. The minimum Gasteiger partial charge on any atom is -0.465 e. The predicted octanol–water partition coefficient (Wildman–Crippen LogP) is 4.09. The predicted molar refractivity (Wildman–Crippen MR) is 130 cm³/mol. The largest absolute Gasteiger partial charge is 0.465 e. The van der Waals surface area contributed by atoms with Gasteiger partial charge in [0.15, 0.2) is 5.11 Å². The maximum atomic E-state index is 12.7. The zero-order valence-electron chi connectivity index (χ0n) is 18.1. The van der Waals surface area contributed by atoms with Crippen LogP contribution in [0.4, 0.5) is 5.69 Å². The van der Waals surface area contributed by atoms with Gasteiger partial charge in [0, 0.05) is 16.8 Å². The van der Waals surface area contributed by atoms with Gasteiger partial charge in [-0.05, 0) is 61.1 Å². The number of benzene rings is 3. The summed E-state index contributed by atoms with van der Waals surface area (Å²) in [6.07, 6.45) is 0. The highest BCUT2D eigenvalue weighted by atomic mass is 32.1. The van der Waals surface area contributed by atoms with E-state index in [0.717, 1.165) is 5.56 Å². The molecule has 0 saturated heterocycles. The Morgan fingerprint density at radius 1 is 0.818 bits per heavy atom. The second-order valence-electron chi connectivity index (χ2n) is 7.17. The average molecular weight is 462 g/mol. The van der Waals surface area contributed by atoms with Gasteiger partial charge in [-0.25, -0.2) is 4.79 Å². The van der Waals surface area contributed by atoms with E-state index >= 15 is 0 Å². The van der Waals surface area contributed by atoms with Crippen LogP contribution in [0.3, 0.4) is 0 Å². The van der Waals surface area contributed by atoms with Crippen LogP contribution < -0.4 is 16.0 Å². The molecule has 168 valence electrons. The van der Waals surface area contributed by atoms with Crippen molar-refractivity contribution in [3.05, 3.63) is 101 Å². The van der Waals surface area contributed by atoms with E-state index < -0.39 is 11.9 Å². The first kappa shape index (κ1) is 23.6. The van der Waals surface area contributed by atoms with Gasteiger partial charge in [-0.2, -0.15) is 0 Å². The summed E-state index contributed by atoms with van der Waals surface area (Å²) in [4.78, 5) is 36.8. The zero-order valence-corrected chi connectivity index (χ0v) is 18.9. The lowest BCUT2D eigenvalue weighted by Crippen LogP contribution is -2.34. The Balaban J connectivity index is 1.61. The molecule has 1 atom stereocenters. The number of esters is 1. The van der Waals surface area contributed by atoms with Crippen LogP contribution in [-0.2, 0) is 4.74 Å². The van der Waals surface area contributed by atoms with E-state index in [-0.39, 0.29) is 28.2 Å². The summed E-state index contributed by atoms with van der Waals surface area (Å²) in [5, 5.41) is 8.47. The number of carbonyl (C=O) groups is 3. The van der Waals surface area contributed by atoms with Gasteiger partial charge in [0.2, 0.25) is 0 Å². The molecule has 33 heavy (non-hydrogen) atoms. The van der Waals surface area contributed by atoms with Crippen molar-refractivity contribution in [3.63, 3.8) is 0 Å². The summed E-state index contributed by atoms with van der Waals surface area (Å²) in [5.41, 5.74) is 2.50. The van der Waals surface area contributed by atoms with Gasteiger partial charge >= 0.3 is 5.97 Å². The Morgan fingerprint density at radius 2 is 1.45 bits per heavy atom. The summed E-state index contributed by atoms with van der Waals surface area (Å²) in [5.74, 6) is -1.25. The molecule has 2 amide bonds. The van der Waals surface area contributed by atoms with E-state index in [9.17, 15) is 14.4 Å². The van der Waals surface area contributed by atoms with Gasteiger partial charge in [-0.3, -0.25) is 14.9 Å². The number of anilines is 1. The van der Waals surface area contributed by atoms with Crippen molar-refractivity contribution < 1.29 is 19.1 Å². The molecule has 8 heteroatoms. The van der Waals surface area contributed by atoms with E-state index in [1.165, 1.54) is 13.2 Å². The first-order valence-electron chi connectivity index (χ1n) is 10.1. The van der Waals surface area contributed by atoms with Crippen molar-refractivity contribution in [3.8, 4) is 0 Å². The molecule has 0 radical (unpaired) electrons. The first-order chi connectivity index (χ1) is 15.9. The second kappa shape index (κ2) is 11.0. The molecule has 0 spiro atoms. The Kier molecular flexibility index (Phi) is 7.88. The molecular weight excluding hydrogens is 438 g/mol. The first-order valence-corrected chi connectivity index (χ1v) is 10.5. The van der Waals surface area contributed by atoms with Crippen LogP contribution in [0.15, 0.2) is 78.9 Å². The number of amides is 2. The highest BCUT2D eigenvalue weighted by Crippen LogP contribution is 2.15. The number of thiocarbonyl (C=S) groups is 1. The number of hydrogen-bond acceptors (Lipinski definition) is 5. The van der Waals surface area contributed by atoms with Gasteiger partial charge in [0.05, 0.1) is 18.7 Å². The average Bonchev–Trinajstić information content (AvgIpc) is 2.84. The maximum Gasteiger partial charge on any atom is 0.337 e. The smallest absolute Gasteiger partial charge is 0.337 e. The Bertz CT molecular complexity index is 1180. The lowest BCUT2D eigenvalue weighted by atomic mass is 10.1. The standard InChI is InChI=1S/C25H23N3O4S/c1-16(17-8-4-3-5-9-17)26-22(29)19-11-7-13-21(15-19)27-25(33)28-23(30)18-10-6-12-20(14-18)24(31)32-2/h3-16H,1-2H3,(H,26,29)(H2,27,28,30,33). The molecule has 0 heterocycles. The van der Waals surface area contributed by atoms with E-state index in [1.54, 1.807) is 42.5 Å². The molecule has 7 nitrogen and oxygen atoms in total. The minimum atomic E-state index is -0.540.